The van der Waals surface area contributed by atoms with E-state index >= 15 is 0 Å². The number of rotatable bonds is 1. The summed E-state index contributed by atoms with van der Waals surface area (Å²) in [5.41, 5.74) is 5.96. The summed E-state index contributed by atoms with van der Waals surface area (Å²) in [6.45, 7) is 5.18. The number of nitrogens with zero attached hydrogens (tertiary/aromatic N) is 1. The molecule has 2 heterocycles. The molecule has 2 saturated heterocycles. The largest absolute Gasteiger partial charge is 0.381 e. The second-order valence-electron chi connectivity index (χ2n) is 5.13. The highest BCUT2D eigenvalue weighted by molar-refractivity contribution is 5.79. The summed E-state index contributed by atoms with van der Waals surface area (Å²) in [5.74, 6) is 0.788. The molecule has 0 aromatic rings. The molecule has 4 nitrogen and oxygen atoms in total. The quantitative estimate of drug-likeness (QED) is 0.712. The van der Waals surface area contributed by atoms with Gasteiger partial charge in [-0.3, -0.25) is 4.79 Å². The maximum absolute atomic E-state index is 12.2. The fourth-order valence-corrected chi connectivity index (χ4v) is 2.56. The van der Waals surface area contributed by atoms with Crippen molar-refractivity contribution < 1.29 is 9.53 Å². The fraction of sp³-hybridized carbons (Fsp3) is 0.917. The van der Waals surface area contributed by atoms with E-state index in [0.717, 1.165) is 39.0 Å². The minimum Gasteiger partial charge on any atom is -0.381 e. The Labute approximate surface area is 97.1 Å². The summed E-state index contributed by atoms with van der Waals surface area (Å²) in [7, 11) is 0. The van der Waals surface area contributed by atoms with Crippen LogP contribution in [0, 0.1) is 11.8 Å². The highest BCUT2D eigenvalue weighted by Gasteiger charge is 2.31. The maximum Gasteiger partial charge on any atom is 0.228 e. The summed E-state index contributed by atoms with van der Waals surface area (Å²) in [5, 5.41) is 0. The smallest absolute Gasteiger partial charge is 0.228 e. The van der Waals surface area contributed by atoms with Gasteiger partial charge in [-0.1, -0.05) is 6.92 Å². The number of amides is 1. The van der Waals surface area contributed by atoms with Gasteiger partial charge in [0.1, 0.15) is 0 Å². The number of carbonyl (C=O) groups is 1. The number of hydrogen-bond donors (Lipinski definition) is 1. The molecule has 3 atom stereocenters. The van der Waals surface area contributed by atoms with Gasteiger partial charge in [-0.2, -0.15) is 0 Å². The molecule has 1 amide bonds. The Bertz CT molecular complexity index is 251. The van der Waals surface area contributed by atoms with Gasteiger partial charge in [-0.15, -0.1) is 0 Å². The molecule has 16 heavy (non-hydrogen) atoms. The Hall–Kier alpha value is -0.610. The third kappa shape index (κ3) is 2.55. The molecule has 0 aliphatic carbocycles. The first-order chi connectivity index (χ1) is 7.68. The molecule has 0 aromatic carbocycles. The van der Waals surface area contributed by atoms with Crippen LogP contribution in [0.1, 0.15) is 26.2 Å². The molecule has 3 unspecified atom stereocenters. The zero-order valence-electron chi connectivity index (χ0n) is 10.0. The summed E-state index contributed by atoms with van der Waals surface area (Å²) >= 11 is 0. The van der Waals surface area contributed by atoms with Crippen LogP contribution >= 0.6 is 0 Å². The summed E-state index contributed by atoms with van der Waals surface area (Å²) < 4.78 is 5.37. The molecule has 2 aliphatic heterocycles. The first kappa shape index (κ1) is 11.9. The summed E-state index contributed by atoms with van der Waals surface area (Å²) in [6, 6.07) is 0.256. The molecular formula is C12H22N2O2. The topological polar surface area (TPSA) is 55.6 Å². The SMILES string of the molecule is CC1CN(C(=O)C2CCCOC2)CCC1N. The standard InChI is InChI=1S/C12H22N2O2/c1-9-7-14(5-4-11(9)13)12(15)10-3-2-6-16-8-10/h9-11H,2-8,13H2,1H3. The van der Waals surface area contributed by atoms with Gasteiger partial charge >= 0.3 is 0 Å². The van der Waals surface area contributed by atoms with Gasteiger partial charge in [0.15, 0.2) is 0 Å². The van der Waals surface area contributed by atoms with Crippen molar-refractivity contribution in [2.45, 2.75) is 32.2 Å². The Morgan fingerprint density at radius 1 is 1.44 bits per heavy atom. The molecule has 2 aliphatic rings. The monoisotopic (exact) mass is 226 g/mol. The fourth-order valence-electron chi connectivity index (χ4n) is 2.56. The van der Waals surface area contributed by atoms with Crippen molar-refractivity contribution in [3.63, 3.8) is 0 Å². The second-order valence-corrected chi connectivity index (χ2v) is 5.13. The lowest BCUT2D eigenvalue weighted by Crippen LogP contribution is -2.50. The molecule has 92 valence electrons. The minimum atomic E-state index is 0.0928. The van der Waals surface area contributed by atoms with E-state index in [0.29, 0.717) is 12.5 Å². The maximum atomic E-state index is 12.2. The third-order valence-corrected chi connectivity index (χ3v) is 3.79. The van der Waals surface area contributed by atoms with Crippen molar-refractivity contribution in [3.05, 3.63) is 0 Å². The van der Waals surface area contributed by atoms with Crippen molar-refractivity contribution in [2.24, 2.45) is 17.6 Å². The molecule has 0 saturated carbocycles. The van der Waals surface area contributed by atoms with E-state index < -0.39 is 0 Å². The Balaban J connectivity index is 1.89. The van der Waals surface area contributed by atoms with Gasteiger partial charge < -0.3 is 15.4 Å². The Morgan fingerprint density at radius 2 is 2.25 bits per heavy atom. The predicted molar refractivity (Wildman–Crippen MR) is 61.9 cm³/mol. The molecular weight excluding hydrogens is 204 g/mol. The van der Waals surface area contributed by atoms with E-state index in [1.807, 2.05) is 4.90 Å². The van der Waals surface area contributed by atoms with Crippen molar-refractivity contribution in [2.75, 3.05) is 26.3 Å². The van der Waals surface area contributed by atoms with Gasteiger partial charge in [0, 0.05) is 25.7 Å². The van der Waals surface area contributed by atoms with Gasteiger partial charge in [0.2, 0.25) is 5.91 Å². The number of piperidine rings is 1. The molecule has 0 radical (unpaired) electrons. The molecule has 2 rings (SSSR count). The Kier molecular flexibility index (Phi) is 3.82. The van der Waals surface area contributed by atoms with E-state index in [4.69, 9.17) is 10.5 Å². The highest BCUT2D eigenvalue weighted by atomic mass is 16.5. The summed E-state index contributed by atoms with van der Waals surface area (Å²) in [4.78, 5) is 14.2. The number of nitrogens with two attached hydrogens (primary N) is 1. The number of likely N-dealkylation sites (tertiary alicyclic amines) is 1. The lowest BCUT2D eigenvalue weighted by Gasteiger charge is -2.37. The number of ether oxygens (including phenoxy) is 1. The van der Waals surface area contributed by atoms with Gasteiger partial charge in [0.25, 0.3) is 0 Å². The number of hydrogen-bond acceptors (Lipinski definition) is 3. The lowest BCUT2D eigenvalue weighted by molar-refractivity contribution is -0.141. The van der Waals surface area contributed by atoms with Crippen LogP contribution in [-0.2, 0) is 9.53 Å². The van der Waals surface area contributed by atoms with Crippen LogP contribution in [0.2, 0.25) is 0 Å². The first-order valence-electron chi connectivity index (χ1n) is 6.30. The van der Waals surface area contributed by atoms with Crippen molar-refractivity contribution in [1.82, 2.24) is 4.90 Å². The van der Waals surface area contributed by atoms with Crippen LogP contribution in [0.3, 0.4) is 0 Å². The molecule has 0 bridgehead atoms. The zero-order chi connectivity index (χ0) is 11.5. The average molecular weight is 226 g/mol. The molecule has 0 spiro atoms. The van der Waals surface area contributed by atoms with E-state index in [2.05, 4.69) is 6.92 Å². The normalized spacial score (nSPS) is 36.1. The van der Waals surface area contributed by atoms with Crippen LogP contribution in [0.15, 0.2) is 0 Å². The zero-order valence-corrected chi connectivity index (χ0v) is 10.0. The molecule has 2 fully saturated rings. The second kappa shape index (κ2) is 5.15. The van der Waals surface area contributed by atoms with E-state index in [9.17, 15) is 4.79 Å². The Morgan fingerprint density at radius 3 is 2.88 bits per heavy atom. The van der Waals surface area contributed by atoms with Crippen LogP contribution in [0.5, 0.6) is 0 Å². The summed E-state index contributed by atoms with van der Waals surface area (Å²) in [6.07, 6.45) is 2.93. The van der Waals surface area contributed by atoms with Crippen LogP contribution < -0.4 is 5.73 Å². The molecule has 0 aromatic heterocycles. The van der Waals surface area contributed by atoms with Crippen LogP contribution in [0.4, 0.5) is 0 Å². The van der Waals surface area contributed by atoms with Crippen LogP contribution in [-0.4, -0.2) is 43.2 Å². The van der Waals surface area contributed by atoms with Gasteiger partial charge in [-0.05, 0) is 25.2 Å². The molecule has 2 N–H and O–H groups in total. The van der Waals surface area contributed by atoms with Gasteiger partial charge in [0.05, 0.1) is 12.5 Å². The average Bonchev–Trinajstić information content (AvgIpc) is 2.33. The number of carbonyl (C=O) groups excluding carboxylic acids is 1. The van der Waals surface area contributed by atoms with Crippen LogP contribution in [0.25, 0.3) is 0 Å². The highest BCUT2D eigenvalue weighted by Crippen LogP contribution is 2.21. The first-order valence-corrected chi connectivity index (χ1v) is 6.30. The van der Waals surface area contributed by atoms with Crippen molar-refractivity contribution in [1.29, 1.82) is 0 Å². The van der Waals surface area contributed by atoms with E-state index in [-0.39, 0.29) is 17.9 Å². The van der Waals surface area contributed by atoms with E-state index in [1.165, 1.54) is 0 Å². The third-order valence-electron chi connectivity index (χ3n) is 3.79. The van der Waals surface area contributed by atoms with E-state index in [1.54, 1.807) is 0 Å². The predicted octanol–water partition coefficient (Wildman–Crippen LogP) is 0.609. The van der Waals surface area contributed by atoms with Gasteiger partial charge in [-0.25, -0.2) is 0 Å². The molecule has 4 heteroatoms. The van der Waals surface area contributed by atoms with Crippen molar-refractivity contribution >= 4 is 5.91 Å². The lowest BCUT2D eigenvalue weighted by atomic mass is 9.92. The minimum absolute atomic E-state index is 0.0928. The van der Waals surface area contributed by atoms with Crippen molar-refractivity contribution in [3.8, 4) is 0 Å².